The molecule has 150 valence electrons. The summed E-state index contributed by atoms with van der Waals surface area (Å²) in [6, 6.07) is 2.67. The molecule has 0 atom stereocenters. The van der Waals surface area contributed by atoms with E-state index in [0.29, 0.717) is 5.69 Å². The van der Waals surface area contributed by atoms with Gasteiger partial charge in [-0.3, -0.25) is 4.98 Å². The molecule has 0 aliphatic carbocycles. The molecule has 0 amide bonds. The van der Waals surface area contributed by atoms with Gasteiger partial charge in [0.05, 0.1) is 28.2 Å². The van der Waals surface area contributed by atoms with Crippen molar-refractivity contribution in [2.75, 3.05) is 5.75 Å². The molecule has 0 N–H and O–H groups in total. The topological polar surface area (TPSA) is 121 Å². The van der Waals surface area contributed by atoms with Gasteiger partial charge in [-0.1, -0.05) is 6.92 Å². The van der Waals surface area contributed by atoms with Crippen LogP contribution in [0.4, 0.5) is 13.2 Å². The van der Waals surface area contributed by atoms with Crippen LogP contribution in [0.3, 0.4) is 0 Å². The van der Waals surface area contributed by atoms with E-state index in [0.717, 1.165) is 4.52 Å². The second-order valence-electron chi connectivity index (χ2n) is 5.77. The standard InChI is InChI=1S/C15H11F3N8O2S/c1-2-29(27,28)11-5-9(26-8-19-7-21-26)6-20-12(11)10-3-4-25-14(22-10)23-13(24-25)15(16,17)18/h3-8H,2H2,1H3. The number of hydrogen-bond donors (Lipinski definition) is 0. The van der Waals surface area contributed by atoms with E-state index in [1.54, 1.807) is 0 Å². The number of halogens is 3. The zero-order valence-corrected chi connectivity index (χ0v) is 15.4. The Bertz CT molecular complexity index is 1300. The second kappa shape index (κ2) is 6.58. The molecule has 0 unspecified atom stereocenters. The molecule has 4 rings (SSSR count). The maximum Gasteiger partial charge on any atom is 0.453 e. The van der Waals surface area contributed by atoms with Crippen molar-refractivity contribution in [2.45, 2.75) is 18.0 Å². The van der Waals surface area contributed by atoms with E-state index in [-0.39, 0.29) is 27.8 Å². The molecule has 0 aromatic carbocycles. The van der Waals surface area contributed by atoms with E-state index in [9.17, 15) is 21.6 Å². The van der Waals surface area contributed by atoms with E-state index < -0.39 is 21.8 Å². The first-order chi connectivity index (χ1) is 13.7. The number of fused-ring (bicyclic) bond motifs is 1. The van der Waals surface area contributed by atoms with Crippen molar-refractivity contribution in [3.63, 3.8) is 0 Å². The van der Waals surface area contributed by atoms with Gasteiger partial charge in [-0.2, -0.15) is 23.3 Å². The summed E-state index contributed by atoms with van der Waals surface area (Å²) in [6.07, 6.45) is 0.478. The van der Waals surface area contributed by atoms with Crippen molar-refractivity contribution in [1.29, 1.82) is 0 Å². The number of sulfone groups is 1. The Morgan fingerprint density at radius 1 is 1.21 bits per heavy atom. The molecule has 14 heteroatoms. The number of aromatic nitrogens is 8. The molecular weight excluding hydrogens is 413 g/mol. The summed E-state index contributed by atoms with van der Waals surface area (Å²) in [5.74, 6) is -1.90. The predicted octanol–water partition coefficient (Wildman–Crippen LogP) is 1.58. The van der Waals surface area contributed by atoms with Crippen LogP contribution in [0, 0.1) is 0 Å². The minimum atomic E-state index is -4.73. The van der Waals surface area contributed by atoms with Crippen LogP contribution in [0.15, 0.2) is 42.1 Å². The van der Waals surface area contributed by atoms with Crippen LogP contribution in [-0.2, 0) is 16.0 Å². The van der Waals surface area contributed by atoms with Crippen LogP contribution in [0.5, 0.6) is 0 Å². The van der Waals surface area contributed by atoms with Crippen molar-refractivity contribution >= 4 is 15.6 Å². The van der Waals surface area contributed by atoms with Gasteiger partial charge in [0.25, 0.3) is 11.6 Å². The lowest BCUT2D eigenvalue weighted by molar-refractivity contribution is -0.144. The lowest BCUT2D eigenvalue weighted by Crippen LogP contribution is -2.09. The van der Waals surface area contributed by atoms with Crippen molar-refractivity contribution in [2.24, 2.45) is 0 Å². The van der Waals surface area contributed by atoms with Crippen LogP contribution < -0.4 is 0 Å². The fourth-order valence-electron chi connectivity index (χ4n) is 2.52. The zero-order valence-electron chi connectivity index (χ0n) is 14.6. The molecule has 0 spiro atoms. The summed E-state index contributed by atoms with van der Waals surface area (Å²) in [7, 11) is -3.75. The first kappa shape index (κ1) is 18.9. The molecule has 0 fully saturated rings. The van der Waals surface area contributed by atoms with Crippen molar-refractivity contribution in [1.82, 2.24) is 39.3 Å². The Balaban J connectivity index is 1.89. The average Bonchev–Trinajstić information content (AvgIpc) is 3.36. The van der Waals surface area contributed by atoms with E-state index in [4.69, 9.17) is 0 Å². The molecule has 4 heterocycles. The number of hydrogen-bond acceptors (Lipinski definition) is 8. The van der Waals surface area contributed by atoms with Gasteiger partial charge < -0.3 is 0 Å². The highest BCUT2D eigenvalue weighted by Gasteiger charge is 2.36. The maximum absolute atomic E-state index is 12.8. The highest BCUT2D eigenvalue weighted by Crippen LogP contribution is 2.29. The molecule has 10 nitrogen and oxygen atoms in total. The van der Waals surface area contributed by atoms with Crippen LogP contribution in [0.1, 0.15) is 12.7 Å². The summed E-state index contributed by atoms with van der Waals surface area (Å²) < 4.78 is 65.9. The molecule has 29 heavy (non-hydrogen) atoms. The first-order valence-electron chi connectivity index (χ1n) is 8.08. The molecule has 4 aromatic heterocycles. The highest BCUT2D eigenvalue weighted by atomic mass is 32.2. The molecule has 0 bridgehead atoms. The zero-order chi connectivity index (χ0) is 20.8. The molecule has 4 aromatic rings. The smallest absolute Gasteiger partial charge is 0.251 e. The Kier molecular flexibility index (Phi) is 4.29. The molecule has 0 saturated heterocycles. The summed E-state index contributed by atoms with van der Waals surface area (Å²) in [6.45, 7) is 1.46. The average molecular weight is 424 g/mol. The third-order valence-corrected chi connectivity index (χ3v) is 5.68. The first-order valence-corrected chi connectivity index (χ1v) is 9.73. The SMILES string of the molecule is CCS(=O)(=O)c1cc(-n2cncn2)cnc1-c1ccn2nc(C(F)(F)F)nc2n1. The van der Waals surface area contributed by atoms with E-state index >= 15 is 0 Å². The maximum atomic E-state index is 12.8. The summed E-state index contributed by atoms with van der Waals surface area (Å²) >= 11 is 0. The summed E-state index contributed by atoms with van der Waals surface area (Å²) in [5.41, 5.74) is 0.367. The second-order valence-corrected chi connectivity index (χ2v) is 8.02. The van der Waals surface area contributed by atoms with E-state index in [1.807, 2.05) is 0 Å². The van der Waals surface area contributed by atoms with Crippen LogP contribution in [0.25, 0.3) is 22.9 Å². The van der Waals surface area contributed by atoms with Crippen LogP contribution in [0.2, 0.25) is 0 Å². The molecule has 0 aliphatic rings. The van der Waals surface area contributed by atoms with E-state index in [2.05, 4.69) is 30.1 Å². The Hall–Kier alpha value is -3.42. The fourth-order valence-corrected chi connectivity index (χ4v) is 3.58. The van der Waals surface area contributed by atoms with Gasteiger partial charge in [0.1, 0.15) is 18.3 Å². The highest BCUT2D eigenvalue weighted by molar-refractivity contribution is 7.91. The summed E-state index contributed by atoms with van der Waals surface area (Å²) in [4.78, 5) is 15.2. The van der Waals surface area contributed by atoms with Crippen molar-refractivity contribution in [3.05, 3.63) is 43.0 Å². The Morgan fingerprint density at radius 3 is 2.66 bits per heavy atom. The van der Waals surface area contributed by atoms with Gasteiger partial charge in [-0.25, -0.2) is 27.6 Å². The molecule has 0 aliphatic heterocycles. The van der Waals surface area contributed by atoms with Crippen LogP contribution >= 0.6 is 0 Å². The lowest BCUT2D eigenvalue weighted by atomic mass is 10.2. The van der Waals surface area contributed by atoms with Crippen molar-refractivity contribution in [3.8, 4) is 17.1 Å². The number of nitrogens with zero attached hydrogens (tertiary/aromatic N) is 8. The fraction of sp³-hybridized carbons (Fsp3) is 0.200. The third-order valence-electron chi connectivity index (χ3n) is 3.94. The Morgan fingerprint density at radius 2 is 2.00 bits per heavy atom. The number of alkyl halides is 3. The number of pyridine rings is 1. The normalized spacial score (nSPS) is 12.6. The molecular formula is C15H11F3N8O2S. The minimum absolute atomic E-state index is 0.0187. The quantitative estimate of drug-likeness (QED) is 0.484. The lowest BCUT2D eigenvalue weighted by Gasteiger charge is -2.10. The number of rotatable bonds is 4. The Labute approximate surface area is 161 Å². The minimum Gasteiger partial charge on any atom is -0.251 e. The predicted molar refractivity (Wildman–Crippen MR) is 91.7 cm³/mol. The molecule has 0 radical (unpaired) electrons. The monoisotopic (exact) mass is 424 g/mol. The van der Waals surface area contributed by atoms with Crippen molar-refractivity contribution < 1.29 is 21.6 Å². The van der Waals surface area contributed by atoms with Gasteiger partial charge in [-0.15, -0.1) is 5.10 Å². The third kappa shape index (κ3) is 3.41. The van der Waals surface area contributed by atoms with Gasteiger partial charge in [0.15, 0.2) is 9.84 Å². The van der Waals surface area contributed by atoms with E-state index in [1.165, 1.54) is 48.8 Å². The van der Waals surface area contributed by atoms with Gasteiger partial charge >= 0.3 is 6.18 Å². The van der Waals surface area contributed by atoms with Gasteiger partial charge in [-0.05, 0) is 12.1 Å². The van der Waals surface area contributed by atoms with Gasteiger partial charge in [0, 0.05) is 6.20 Å². The molecule has 0 saturated carbocycles. The van der Waals surface area contributed by atoms with Crippen LogP contribution in [-0.4, -0.2) is 53.5 Å². The largest absolute Gasteiger partial charge is 0.453 e. The van der Waals surface area contributed by atoms with Gasteiger partial charge in [0.2, 0.25) is 0 Å². The summed E-state index contributed by atoms with van der Waals surface area (Å²) in [5, 5.41) is 7.25.